The second kappa shape index (κ2) is 7.47. The molecule has 2 aromatic carbocycles. The molecule has 0 fully saturated rings. The monoisotopic (exact) mass is 374 g/mol. The van der Waals surface area contributed by atoms with Crippen LogP contribution in [0.25, 0.3) is 0 Å². The van der Waals surface area contributed by atoms with Gasteiger partial charge in [-0.3, -0.25) is 4.79 Å². The number of carbonyl (C=O) groups excluding carboxylic acids is 1. The molecule has 0 bridgehead atoms. The Hall–Kier alpha value is -2.38. The van der Waals surface area contributed by atoms with Crippen molar-refractivity contribution in [3.8, 4) is 5.75 Å². The molecule has 0 radical (unpaired) electrons. The van der Waals surface area contributed by atoms with Crippen LogP contribution in [0.1, 0.15) is 16.7 Å². The first-order valence-electron chi connectivity index (χ1n) is 8.33. The third-order valence-corrected chi connectivity index (χ3v) is 5.82. The lowest BCUT2D eigenvalue weighted by molar-refractivity contribution is -0.125. The summed E-state index contributed by atoms with van der Waals surface area (Å²) in [7, 11) is -1.94. The lowest BCUT2D eigenvalue weighted by Crippen LogP contribution is -2.52. The van der Waals surface area contributed by atoms with Crippen LogP contribution in [0.5, 0.6) is 5.75 Å². The predicted molar refractivity (Wildman–Crippen MR) is 99.2 cm³/mol. The Labute approximate surface area is 153 Å². The van der Waals surface area contributed by atoms with Crippen molar-refractivity contribution >= 4 is 15.9 Å². The molecule has 7 heteroatoms. The standard InChI is InChI=1S/C19H22N2O4S/c1-25-18-10-6-5-8-15(18)12-20-19(22)17-11-14-7-3-4-9-16(14)13-21(17)26(2,23)24/h3-10,17H,11-13H2,1-2H3,(H,20,22)/t17-/m0/s1. The molecule has 26 heavy (non-hydrogen) atoms. The van der Waals surface area contributed by atoms with Crippen LogP contribution in [-0.4, -0.2) is 38.0 Å². The number of sulfonamides is 1. The zero-order valence-corrected chi connectivity index (χ0v) is 15.6. The van der Waals surface area contributed by atoms with Crippen molar-refractivity contribution in [2.45, 2.75) is 25.6 Å². The number of benzene rings is 2. The predicted octanol–water partition coefficient (Wildman–Crippen LogP) is 1.70. The van der Waals surface area contributed by atoms with Crippen LogP contribution in [0.4, 0.5) is 0 Å². The molecule has 1 atom stereocenters. The molecule has 0 aliphatic carbocycles. The first kappa shape index (κ1) is 18.4. The largest absolute Gasteiger partial charge is 0.496 e. The fraction of sp³-hybridized carbons (Fsp3) is 0.316. The Morgan fingerprint density at radius 1 is 1.15 bits per heavy atom. The van der Waals surface area contributed by atoms with Crippen molar-refractivity contribution < 1.29 is 17.9 Å². The molecule has 6 nitrogen and oxygen atoms in total. The molecule has 0 saturated carbocycles. The van der Waals surface area contributed by atoms with Crippen LogP contribution < -0.4 is 10.1 Å². The van der Waals surface area contributed by atoms with Crippen LogP contribution in [-0.2, 0) is 34.3 Å². The van der Waals surface area contributed by atoms with Gasteiger partial charge in [0.2, 0.25) is 15.9 Å². The van der Waals surface area contributed by atoms with Crippen LogP contribution in [0.15, 0.2) is 48.5 Å². The van der Waals surface area contributed by atoms with Crippen molar-refractivity contribution in [1.82, 2.24) is 9.62 Å². The molecule has 2 aromatic rings. The fourth-order valence-electron chi connectivity index (χ4n) is 3.22. The van der Waals surface area contributed by atoms with E-state index in [1.54, 1.807) is 7.11 Å². The maximum atomic E-state index is 12.8. The Balaban J connectivity index is 1.80. The molecular weight excluding hydrogens is 352 g/mol. The SMILES string of the molecule is COc1ccccc1CNC(=O)[C@@H]1Cc2ccccc2CN1S(C)(=O)=O. The highest BCUT2D eigenvalue weighted by Crippen LogP contribution is 2.26. The van der Waals surface area contributed by atoms with E-state index in [0.29, 0.717) is 12.2 Å². The molecular formula is C19H22N2O4S. The molecule has 0 unspecified atom stereocenters. The summed E-state index contributed by atoms with van der Waals surface area (Å²) in [5, 5.41) is 2.85. The highest BCUT2D eigenvalue weighted by molar-refractivity contribution is 7.88. The highest BCUT2D eigenvalue weighted by Gasteiger charge is 2.36. The van der Waals surface area contributed by atoms with Gasteiger partial charge in [0.1, 0.15) is 11.8 Å². The van der Waals surface area contributed by atoms with Crippen LogP contribution in [0.2, 0.25) is 0 Å². The van der Waals surface area contributed by atoms with E-state index in [4.69, 9.17) is 4.74 Å². The number of ether oxygens (including phenoxy) is 1. The molecule has 1 heterocycles. The van der Waals surface area contributed by atoms with Crippen LogP contribution in [0, 0.1) is 0 Å². The number of nitrogens with one attached hydrogen (secondary N) is 1. The van der Waals surface area contributed by atoms with E-state index in [9.17, 15) is 13.2 Å². The molecule has 0 spiro atoms. The summed E-state index contributed by atoms with van der Waals surface area (Å²) in [5.41, 5.74) is 2.78. The molecule has 0 saturated heterocycles. The normalized spacial score (nSPS) is 17.4. The maximum Gasteiger partial charge on any atom is 0.239 e. The van der Waals surface area contributed by atoms with E-state index in [1.165, 1.54) is 4.31 Å². The summed E-state index contributed by atoms with van der Waals surface area (Å²) >= 11 is 0. The zero-order valence-electron chi connectivity index (χ0n) is 14.8. The lowest BCUT2D eigenvalue weighted by Gasteiger charge is -2.34. The van der Waals surface area contributed by atoms with E-state index in [1.807, 2.05) is 48.5 Å². The van der Waals surface area contributed by atoms with E-state index >= 15 is 0 Å². The quantitative estimate of drug-likeness (QED) is 0.864. The number of carbonyl (C=O) groups is 1. The summed E-state index contributed by atoms with van der Waals surface area (Å²) in [6.07, 6.45) is 1.50. The van der Waals surface area contributed by atoms with Crippen LogP contribution >= 0.6 is 0 Å². The van der Waals surface area contributed by atoms with Gasteiger partial charge in [-0.1, -0.05) is 42.5 Å². The Bertz CT molecular complexity index is 911. The van der Waals surface area contributed by atoms with Crippen molar-refractivity contribution in [2.24, 2.45) is 0 Å². The number of fused-ring (bicyclic) bond motifs is 1. The Morgan fingerprint density at radius 3 is 2.50 bits per heavy atom. The minimum atomic E-state index is -3.51. The lowest BCUT2D eigenvalue weighted by atomic mass is 9.95. The number of nitrogens with zero attached hydrogens (tertiary/aromatic N) is 1. The molecule has 1 aliphatic rings. The minimum absolute atomic E-state index is 0.210. The van der Waals surface area contributed by atoms with Gasteiger partial charge in [-0.25, -0.2) is 8.42 Å². The van der Waals surface area contributed by atoms with Gasteiger partial charge in [-0.05, 0) is 23.6 Å². The van der Waals surface area contributed by atoms with E-state index < -0.39 is 16.1 Å². The molecule has 1 N–H and O–H groups in total. The molecule has 1 amide bonds. The smallest absolute Gasteiger partial charge is 0.239 e. The van der Waals surface area contributed by atoms with Crippen molar-refractivity contribution in [3.63, 3.8) is 0 Å². The van der Waals surface area contributed by atoms with E-state index in [2.05, 4.69) is 5.32 Å². The summed E-state index contributed by atoms with van der Waals surface area (Å²) in [4.78, 5) is 12.8. The van der Waals surface area contributed by atoms with Crippen molar-refractivity contribution in [3.05, 3.63) is 65.2 Å². The van der Waals surface area contributed by atoms with Crippen molar-refractivity contribution in [1.29, 1.82) is 0 Å². The van der Waals surface area contributed by atoms with Gasteiger partial charge < -0.3 is 10.1 Å². The summed E-state index contributed by atoms with van der Waals surface area (Å²) in [6, 6.07) is 14.3. The minimum Gasteiger partial charge on any atom is -0.496 e. The molecule has 3 rings (SSSR count). The second-order valence-electron chi connectivity index (χ2n) is 6.33. The third-order valence-electron chi connectivity index (χ3n) is 4.58. The Morgan fingerprint density at radius 2 is 1.81 bits per heavy atom. The van der Waals surface area contributed by atoms with Gasteiger partial charge in [-0.15, -0.1) is 0 Å². The highest BCUT2D eigenvalue weighted by atomic mass is 32.2. The zero-order chi connectivity index (χ0) is 18.7. The topological polar surface area (TPSA) is 75.7 Å². The van der Waals surface area contributed by atoms with Gasteiger partial charge in [0.15, 0.2) is 0 Å². The molecule has 0 aromatic heterocycles. The summed E-state index contributed by atoms with van der Waals surface area (Å²) in [6.45, 7) is 0.486. The number of hydrogen-bond acceptors (Lipinski definition) is 4. The summed E-state index contributed by atoms with van der Waals surface area (Å²) in [5.74, 6) is 0.373. The maximum absolute atomic E-state index is 12.8. The first-order chi connectivity index (χ1) is 12.4. The average molecular weight is 374 g/mol. The fourth-order valence-corrected chi connectivity index (χ4v) is 4.23. The Kier molecular flexibility index (Phi) is 5.29. The van der Waals surface area contributed by atoms with Crippen LogP contribution in [0.3, 0.4) is 0 Å². The molecule has 1 aliphatic heterocycles. The van der Waals surface area contributed by atoms with Gasteiger partial charge in [0.25, 0.3) is 0 Å². The number of para-hydroxylation sites is 1. The van der Waals surface area contributed by atoms with E-state index in [-0.39, 0.29) is 19.0 Å². The van der Waals surface area contributed by atoms with Gasteiger partial charge in [0, 0.05) is 18.7 Å². The number of methoxy groups -OCH3 is 1. The average Bonchev–Trinajstić information content (AvgIpc) is 2.64. The summed E-state index contributed by atoms with van der Waals surface area (Å²) < 4.78 is 31.0. The number of amides is 1. The number of hydrogen-bond donors (Lipinski definition) is 1. The third kappa shape index (κ3) is 3.89. The van der Waals surface area contributed by atoms with Gasteiger partial charge in [-0.2, -0.15) is 4.31 Å². The van der Waals surface area contributed by atoms with Gasteiger partial charge >= 0.3 is 0 Å². The number of rotatable bonds is 5. The molecule has 138 valence electrons. The van der Waals surface area contributed by atoms with E-state index in [0.717, 1.165) is 22.9 Å². The van der Waals surface area contributed by atoms with Crippen molar-refractivity contribution in [2.75, 3.05) is 13.4 Å². The second-order valence-corrected chi connectivity index (χ2v) is 8.26. The van der Waals surface area contributed by atoms with Gasteiger partial charge in [0.05, 0.1) is 13.4 Å². The first-order valence-corrected chi connectivity index (χ1v) is 10.2.